The van der Waals surface area contributed by atoms with E-state index >= 15 is 0 Å². The SMILES string of the molecule is CC(C)(C)C(=O)N1CCC[C@H]1C(=O)N[C@H](Cc1ccc2ccccc2c1)C(=O)NCC(O)CNCc1ccccc1. The molecule has 218 valence electrons. The Morgan fingerprint density at radius 1 is 0.927 bits per heavy atom. The van der Waals surface area contributed by atoms with Crippen molar-refractivity contribution in [1.82, 2.24) is 20.9 Å². The first-order valence-electron chi connectivity index (χ1n) is 14.4. The molecular formula is C33H42N4O4. The van der Waals surface area contributed by atoms with Gasteiger partial charge in [-0.2, -0.15) is 0 Å². The van der Waals surface area contributed by atoms with Crippen LogP contribution in [0.5, 0.6) is 0 Å². The van der Waals surface area contributed by atoms with Crippen LogP contribution in [0.15, 0.2) is 72.8 Å². The van der Waals surface area contributed by atoms with Crippen LogP contribution in [0.2, 0.25) is 0 Å². The topological polar surface area (TPSA) is 111 Å². The second kappa shape index (κ2) is 13.7. The maximum atomic E-state index is 13.5. The van der Waals surface area contributed by atoms with Gasteiger partial charge in [0.05, 0.1) is 6.10 Å². The average molecular weight is 559 g/mol. The Balaban J connectivity index is 1.42. The first kappa shape index (κ1) is 30.2. The fourth-order valence-electron chi connectivity index (χ4n) is 5.18. The van der Waals surface area contributed by atoms with Gasteiger partial charge in [0.2, 0.25) is 17.7 Å². The minimum absolute atomic E-state index is 0.0444. The highest BCUT2D eigenvalue weighted by Gasteiger charge is 2.39. The number of nitrogens with zero attached hydrogens (tertiary/aromatic N) is 1. The molecule has 0 aromatic heterocycles. The Morgan fingerprint density at radius 3 is 2.37 bits per heavy atom. The van der Waals surface area contributed by atoms with E-state index in [9.17, 15) is 19.5 Å². The lowest BCUT2D eigenvalue weighted by Gasteiger charge is -2.31. The number of likely N-dealkylation sites (tertiary alicyclic amines) is 1. The molecule has 0 bridgehead atoms. The molecule has 1 aliphatic heterocycles. The molecule has 0 saturated carbocycles. The summed E-state index contributed by atoms with van der Waals surface area (Å²) in [5, 5.41) is 21.6. The smallest absolute Gasteiger partial charge is 0.243 e. The van der Waals surface area contributed by atoms with E-state index in [0.29, 0.717) is 26.1 Å². The fourth-order valence-corrected chi connectivity index (χ4v) is 5.18. The third kappa shape index (κ3) is 8.38. The van der Waals surface area contributed by atoms with Crippen LogP contribution in [0.1, 0.15) is 44.7 Å². The molecule has 1 unspecified atom stereocenters. The third-order valence-electron chi connectivity index (χ3n) is 7.41. The Bertz CT molecular complexity index is 1340. The minimum Gasteiger partial charge on any atom is -0.390 e. The van der Waals surface area contributed by atoms with E-state index in [2.05, 4.69) is 16.0 Å². The molecule has 8 nitrogen and oxygen atoms in total. The molecule has 0 aliphatic carbocycles. The maximum absolute atomic E-state index is 13.5. The molecule has 0 radical (unpaired) electrons. The van der Waals surface area contributed by atoms with E-state index in [1.165, 1.54) is 0 Å². The Kier molecular flexibility index (Phi) is 10.1. The van der Waals surface area contributed by atoms with E-state index in [-0.39, 0.29) is 30.7 Å². The Labute approximate surface area is 242 Å². The number of aliphatic hydroxyl groups is 1. The van der Waals surface area contributed by atoms with Crippen molar-refractivity contribution in [3.63, 3.8) is 0 Å². The zero-order chi connectivity index (χ0) is 29.4. The highest BCUT2D eigenvalue weighted by molar-refractivity contribution is 5.93. The molecule has 0 spiro atoms. The number of nitrogens with one attached hydrogen (secondary N) is 3. The molecule has 4 rings (SSSR count). The summed E-state index contributed by atoms with van der Waals surface area (Å²) in [5.41, 5.74) is 1.41. The summed E-state index contributed by atoms with van der Waals surface area (Å²) >= 11 is 0. The van der Waals surface area contributed by atoms with Crippen molar-refractivity contribution >= 4 is 28.5 Å². The number of fused-ring (bicyclic) bond motifs is 1. The Morgan fingerprint density at radius 2 is 1.63 bits per heavy atom. The molecule has 1 heterocycles. The molecule has 8 heteroatoms. The number of rotatable bonds is 11. The van der Waals surface area contributed by atoms with Crippen LogP contribution in [-0.4, -0.2) is 65.5 Å². The van der Waals surface area contributed by atoms with Crippen LogP contribution >= 0.6 is 0 Å². The van der Waals surface area contributed by atoms with Gasteiger partial charge in [0.25, 0.3) is 0 Å². The van der Waals surface area contributed by atoms with Gasteiger partial charge in [-0.05, 0) is 34.7 Å². The predicted molar refractivity (Wildman–Crippen MR) is 161 cm³/mol. The van der Waals surface area contributed by atoms with E-state index < -0.39 is 23.6 Å². The summed E-state index contributed by atoms with van der Waals surface area (Å²) in [4.78, 5) is 41.5. The number of hydrogen-bond donors (Lipinski definition) is 4. The monoisotopic (exact) mass is 558 g/mol. The second-order valence-electron chi connectivity index (χ2n) is 11.9. The second-order valence-corrected chi connectivity index (χ2v) is 11.9. The number of hydrogen-bond acceptors (Lipinski definition) is 5. The van der Waals surface area contributed by atoms with Gasteiger partial charge >= 0.3 is 0 Å². The van der Waals surface area contributed by atoms with Gasteiger partial charge in [-0.25, -0.2) is 0 Å². The lowest BCUT2D eigenvalue weighted by molar-refractivity contribution is -0.145. The van der Waals surface area contributed by atoms with Crippen molar-refractivity contribution in [2.75, 3.05) is 19.6 Å². The average Bonchev–Trinajstić information content (AvgIpc) is 3.45. The Hall–Kier alpha value is -3.75. The zero-order valence-corrected chi connectivity index (χ0v) is 24.2. The molecule has 1 saturated heterocycles. The molecule has 4 N–H and O–H groups in total. The van der Waals surface area contributed by atoms with Crippen LogP contribution in [0.25, 0.3) is 10.8 Å². The summed E-state index contributed by atoms with van der Waals surface area (Å²) < 4.78 is 0. The molecule has 3 aromatic carbocycles. The van der Waals surface area contributed by atoms with Crippen molar-refractivity contribution in [2.45, 2.75) is 64.8 Å². The summed E-state index contributed by atoms with van der Waals surface area (Å²) in [7, 11) is 0. The van der Waals surface area contributed by atoms with Crippen LogP contribution in [-0.2, 0) is 27.3 Å². The minimum atomic E-state index is -0.861. The van der Waals surface area contributed by atoms with E-state index in [0.717, 1.165) is 28.3 Å². The molecule has 1 aliphatic rings. The highest BCUT2D eigenvalue weighted by atomic mass is 16.3. The number of aliphatic hydroxyl groups excluding tert-OH is 1. The number of amides is 3. The third-order valence-corrected chi connectivity index (χ3v) is 7.41. The van der Waals surface area contributed by atoms with Gasteiger partial charge in [0.15, 0.2) is 0 Å². The molecule has 3 amide bonds. The summed E-state index contributed by atoms with van der Waals surface area (Å²) in [5.74, 6) is -0.775. The number of benzene rings is 3. The van der Waals surface area contributed by atoms with Crippen molar-refractivity contribution in [3.05, 3.63) is 83.9 Å². The molecule has 3 atom stereocenters. The van der Waals surface area contributed by atoms with Crippen molar-refractivity contribution < 1.29 is 19.5 Å². The van der Waals surface area contributed by atoms with E-state index in [1.807, 2.05) is 93.6 Å². The quantitative estimate of drug-likeness (QED) is 0.289. The molecule has 3 aromatic rings. The lowest BCUT2D eigenvalue weighted by atomic mass is 9.94. The van der Waals surface area contributed by atoms with Gasteiger partial charge in [0.1, 0.15) is 12.1 Å². The van der Waals surface area contributed by atoms with E-state index in [4.69, 9.17) is 0 Å². The first-order valence-corrected chi connectivity index (χ1v) is 14.4. The van der Waals surface area contributed by atoms with Gasteiger partial charge in [-0.15, -0.1) is 0 Å². The number of carbonyl (C=O) groups excluding carboxylic acids is 3. The molecular weight excluding hydrogens is 516 g/mol. The largest absolute Gasteiger partial charge is 0.390 e. The number of carbonyl (C=O) groups is 3. The van der Waals surface area contributed by atoms with Crippen LogP contribution in [0.4, 0.5) is 0 Å². The molecule has 41 heavy (non-hydrogen) atoms. The lowest BCUT2D eigenvalue weighted by Crippen LogP contribution is -2.55. The standard InChI is InChI=1S/C33H42N4O4/c1-33(2,3)32(41)37-17-9-14-29(37)31(40)36-28(19-24-15-16-25-12-7-8-13-26(25)18-24)30(39)35-22-27(38)21-34-20-23-10-5-4-6-11-23/h4-8,10-13,15-16,18,27-29,34,38H,9,14,17,19-22H2,1-3H3,(H,35,39)(H,36,40)/t27?,28-,29+/m1/s1. The van der Waals surface area contributed by atoms with Crippen molar-refractivity contribution in [3.8, 4) is 0 Å². The van der Waals surface area contributed by atoms with E-state index in [1.54, 1.807) is 4.90 Å². The summed E-state index contributed by atoms with van der Waals surface area (Å²) in [6, 6.07) is 22.4. The zero-order valence-electron chi connectivity index (χ0n) is 24.2. The summed E-state index contributed by atoms with van der Waals surface area (Å²) in [6.07, 6.45) is 0.785. The van der Waals surface area contributed by atoms with Crippen molar-refractivity contribution in [2.24, 2.45) is 5.41 Å². The van der Waals surface area contributed by atoms with Crippen LogP contribution < -0.4 is 16.0 Å². The van der Waals surface area contributed by atoms with Crippen molar-refractivity contribution in [1.29, 1.82) is 0 Å². The van der Waals surface area contributed by atoms with Gasteiger partial charge in [-0.1, -0.05) is 93.6 Å². The maximum Gasteiger partial charge on any atom is 0.243 e. The van der Waals surface area contributed by atoms with Gasteiger partial charge in [-0.3, -0.25) is 14.4 Å². The summed E-state index contributed by atoms with van der Waals surface area (Å²) in [6.45, 7) is 7.02. The molecule has 1 fully saturated rings. The van der Waals surface area contributed by atoms with Gasteiger partial charge < -0.3 is 26.0 Å². The highest BCUT2D eigenvalue weighted by Crippen LogP contribution is 2.26. The normalized spacial score (nSPS) is 16.8. The van der Waals surface area contributed by atoms with Gasteiger partial charge in [0, 0.05) is 38.0 Å². The van der Waals surface area contributed by atoms with Crippen LogP contribution in [0.3, 0.4) is 0 Å². The predicted octanol–water partition coefficient (Wildman–Crippen LogP) is 3.17. The fraction of sp³-hybridized carbons (Fsp3) is 0.424. The first-order chi connectivity index (χ1) is 19.6. The van der Waals surface area contributed by atoms with Crippen LogP contribution in [0, 0.1) is 5.41 Å².